The Morgan fingerprint density at radius 3 is 2.49 bits per heavy atom. The highest BCUT2D eigenvalue weighted by atomic mass is 35.5. The molecule has 0 aliphatic rings. The first kappa shape index (κ1) is 30.7. The number of rotatable bonds is 11. The van der Waals surface area contributed by atoms with Crippen molar-refractivity contribution in [1.82, 2.24) is 15.0 Å². The zero-order valence-electron chi connectivity index (χ0n) is 21.7. The number of nitrogens with one attached hydrogen (secondary N) is 2. The highest BCUT2D eigenvalue weighted by molar-refractivity contribution is 7.89. The van der Waals surface area contributed by atoms with Crippen LogP contribution in [-0.4, -0.2) is 41.3 Å². The third-order valence-corrected chi connectivity index (χ3v) is 9.10. The van der Waals surface area contributed by atoms with E-state index in [1.165, 1.54) is 37.4 Å². The molecule has 0 spiro atoms. The second kappa shape index (κ2) is 12.7. The summed E-state index contributed by atoms with van der Waals surface area (Å²) in [6, 6.07) is 10.9. The number of sulfonamides is 1. The number of phenolic OH excluding ortho intramolecular Hbond substituents is 1. The number of aliphatic hydroxyl groups is 1. The lowest BCUT2D eigenvalue weighted by atomic mass is 10.0. The topological polar surface area (TPSA) is 159 Å². The van der Waals surface area contributed by atoms with Crippen LogP contribution in [0.2, 0.25) is 10.0 Å². The van der Waals surface area contributed by atoms with E-state index in [4.69, 9.17) is 27.6 Å². The molecule has 41 heavy (non-hydrogen) atoms. The van der Waals surface area contributed by atoms with Crippen molar-refractivity contribution in [1.29, 1.82) is 0 Å². The monoisotopic (exact) mass is 637 g/mol. The minimum Gasteiger partial charge on any atom is -0.508 e. The number of aromatic nitrogens is 1. The maximum absolute atomic E-state index is 13.0. The van der Waals surface area contributed by atoms with E-state index < -0.39 is 28.1 Å². The number of amides is 1. The van der Waals surface area contributed by atoms with Crippen LogP contribution >= 0.6 is 34.5 Å². The normalized spacial score (nSPS) is 13.1. The lowest BCUT2D eigenvalue weighted by Gasteiger charge is -2.21. The predicted molar refractivity (Wildman–Crippen MR) is 155 cm³/mol. The summed E-state index contributed by atoms with van der Waals surface area (Å²) in [5.74, 6) is -0.825. The first-order valence-corrected chi connectivity index (χ1v) is 15.2. The van der Waals surface area contributed by atoms with Crippen LogP contribution in [0, 0.1) is 6.92 Å². The number of aryl methyl sites for hydroxylation is 1. The minimum absolute atomic E-state index is 0.00474. The summed E-state index contributed by atoms with van der Waals surface area (Å²) < 4.78 is 33.4. The molecule has 4 rings (SSSR count). The molecule has 0 radical (unpaired) electrons. The molecule has 2 aromatic carbocycles. The van der Waals surface area contributed by atoms with Crippen molar-refractivity contribution in [2.24, 2.45) is 0 Å². The Morgan fingerprint density at radius 1 is 1.12 bits per heavy atom. The van der Waals surface area contributed by atoms with Gasteiger partial charge in [0.1, 0.15) is 11.5 Å². The number of thiophene rings is 1. The molecule has 2 aromatic heterocycles. The van der Waals surface area contributed by atoms with E-state index in [9.17, 15) is 28.2 Å². The summed E-state index contributed by atoms with van der Waals surface area (Å²) in [6.07, 6.45) is -0.343. The number of hydrogen-bond donors (Lipinski definition) is 4. The number of oxazole rings is 1. The van der Waals surface area contributed by atoms with Gasteiger partial charge >= 0.3 is 0 Å². The number of benzene rings is 2. The number of phenols is 1. The third-order valence-electron chi connectivity index (χ3n) is 5.99. The van der Waals surface area contributed by atoms with Gasteiger partial charge in [-0.25, -0.2) is 18.1 Å². The fourth-order valence-corrected chi connectivity index (χ4v) is 6.49. The van der Waals surface area contributed by atoms with Gasteiger partial charge < -0.3 is 19.9 Å². The molecule has 1 amide bonds. The van der Waals surface area contributed by atoms with Crippen LogP contribution in [-0.2, 0) is 21.4 Å². The lowest BCUT2D eigenvalue weighted by molar-refractivity contribution is -0.118. The van der Waals surface area contributed by atoms with E-state index in [-0.39, 0.29) is 45.9 Å². The van der Waals surface area contributed by atoms with Gasteiger partial charge in [0, 0.05) is 17.8 Å². The van der Waals surface area contributed by atoms with E-state index in [1.54, 1.807) is 31.2 Å². The smallest absolute Gasteiger partial charge is 0.261 e. The maximum atomic E-state index is 13.0. The molecule has 1 unspecified atom stereocenters. The van der Waals surface area contributed by atoms with E-state index in [0.29, 0.717) is 26.0 Å². The highest BCUT2D eigenvalue weighted by Gasteiger charge is 2.29. The molecular formula is C27H25Cl2N3O7S2. The van der Waals surface area contributed by atoms with Crippen molar-refractivity contribution >= 4 is 56.3 Å². The van der Waals surface area contributed by atoms with Gasteiger partial charge in [-0.1, -0.05) is 29.3 Å². The molecule has 0 aliphatic heterocycles. The van der Waals surface area contributed by atoms with Crippen LogP contribution in [0.15, 0.2) is 64.0 Å². The Kier molecular flexibility index (Phi) is 9.52. The third kappa shape index (κ3) is 7.34. The van der Waals surface area contributed by atoms with Crippen molar-refractivity contribution in [3.05, 3.63) is 86.0 Å². The second-order valence-corrected chi connectivity index (χ2v) is 12.9. The average Bonchev–Trinajstić information content (AvgIpc) is 3.58. The molecule has 14 heteroatoms. The fraction of sp³-hybridized carbons (Fsp3) is 0.222. The quantitative estimate of drug-likeness (QED) is 0.178. The zero-order chi connectivity index (χ0) is 29.9. The van der Waals surface area contributed by atoms with Crippen molar-refractivity contribution in [3.8, 4) is 17.1 Å². The van der Waals surface area contributed by atoms with Crippen LogP contribution in [0.3, 0.4) is 0 Å². The Morgan fingerprint density at radius 2 is 1.83 bits per heavy atom. The van der Waals surface area contributed by atoms with Crippen LogP contribution in [0.4, 0.5) is 0 Å². The first-order chi connectivity index (χ1) is 19.4. The van der Waals surface area contributed by atoms with Gasteiger partial charge in [-0.15, -0.1) is 11.3 Å². The molecule has 4 aromatic rings. The predicted octanol–water partition coefficient (Wildman–Crippen LogP) is 5.01. The van der Waals surface area contributed by atoms with Crippen LogP contribution in [0.1, 0.15) is 45.5 Å². The molecule has 4 N–H and O–H groups in total. The molecule has 0 saturated carbocycles. The lowest BCUT2D eigenvalue weighted by Crippen LogP contribution is -2.40. The summed E-state index contributed by atoms with van der Waals surface area (Å²) in [4.78, 5) is 29.8. The molecule has 0 aliphatic carbocycles. The summed E-state index contributed by atoms with van der Waals surface area (Å²) in [7, 11) is -3.87. The zero-order valence-corrected chi connectivity index (χ0v) is 24.9. The van der Waals surface area contributed by atoms with Crippen LogP contribution in [0.5, 0.6) is 5.75 Å². The van der Waals surface area contributed by atoms with Crippen molar-refractivity contribution in [3.63, 3.8) is 0 Å². The highest BCUT2D eigenvalue weighted by Crippen LogP contribution is 2.36. The van der Waals surface area contributed by atoms with E-state index in [0.717, 1.165) is 11.3 Å². The Labute approximate surface area is 250 Å². The number of ketones is 1. The standard InChI is InChI=1S/C27H25Cl2N3O7S2/c1-14-10-17(7-8-21(14)34)41(37,38)31-12-16-6-9-23(40-16)26(36)32-20(11-15(2)33)25(35)27-30-13-22(39-27)24-18(28)4-3-5-19(24)29/h3-10,13,20,25,31,34-35H,11-12H2,1-2H3,(H,32,36)/t20-,25?/m0/s1. The first-order valence-electron chi connectivity index (χ1n) is 12.1. The molecule has 2 atom stereocenters. The van der Waals surface area contributed by atoms with Gasteiger partial charge in [-0.05, 0) is 61.9 Å². The fourth-order valence-electron chi connectivity index (χ4n) is 3.88. The SMILES string of the molecule is CC(=O)C[C@H](NC(=O)c1ccc(CNS(=O)(=O)c2ccc(O)c(C)c2)s1)C(O)c1ncc(-c2c(Cl)cccc2Cl)o1. The molecule has 0 saturated heterocycles. The maximum Gasteiger partial charge on any atom is 0.261 e. The molecule has 0 fully saturated rings. The van der Waals surface area contributed by atoms with Gasteiger partial charge in [-0.3, -0.25) is 9.59 Å². The number of aliphatic hydroxyl groups excluding tert-OH is 1. The number of halogens is 2. The molecular weight excluding hydrogens is 613 g/mol. The Hall–Kier alpha value is -3.26. The van der Waals surface area contributed by atoms with E-state index in [1.807, 2.05) is 0 Å². The van der Waals surface area contributed by atoms with E-state index >= 15 is 0 Å². The molecule has 0 bridgehead atoms. The second-order valence-electron chi connectivity index (χ2n) is 9.13. The summed E-state index contributed by atoms with van der Waals surface area (Å²) in [6.45, 7) is 2.83. The Bertz CT molecular complexity index is 1680. The van der Waals surface area contributed by atoms with Gasteiger partial charge in [-0.2, -0.15) is 0 Å². The van der Waals surface area contributed by atoms with Gasteiger partial charge in [0.05, 0.1) is 37.6 Å². The summed E-state index contributed by atoms with van der Waals surface area (Å²) in [5, 5.41) is 23.9. The Balaban J connectivity index is 1.45. The van der Waals surface area contributed by atoms with Crippen LogP contribution < -0.4 is 10.0 Å². The average molecular weight is 639 g/mol. The number of aromatic hydroxyl groups is 1. The minimum atomic E-state index is -3.87. The number of nitrogens with zero attached hydrogens (tertiary/aromatic N) is 1. The van der Waals surface area contributed by atoms with E-state index in [2.05, 4.69) is 15.0 Å². The number of hydrogen-bond acceptors (Lipinski definition) is 9. The van der Waals surface area contributed by atoms with Crippen LogP contribution in [0.25, 0.3) is 11.3 Å². The van der Waals surface area contributed by atoms with Crippen molar-refractivity contribution in [2.45, 2.75) is 43.9 Å². The van der Waals surface area contributed by atoms with Crippen molar-refractivity contribution in [2.75, 3.05) is 0 Å². The number of carbonyl (C=O) groups excluding carboxylic acids is 2. The number of carbonyl (C=O) groups is 2. The van der Waals surface area contributed by atoms with Gasteiger partial charge in [0.15, 0.2) is 11.9 Å². The largest absolute Gasteiger partial charge is 0.508 e. The molecule has 10 nitrogen and oxygen atoms in total. The molecule has 2 heterocycles. The summed E-state index contributed by atoms with van der Waals surface area (Å²) in [5.41, 5.74) is 0.801. The van der Waals surface area contributed by atoms with Gasteiger partial charge in [0.25, 0.3) is 5.91 Å². The van der Waals surface area contributed by atoms with Gasteiger partial charge in [0.2, 0.25) is 15.9 Å². The summed E-state index contributed by atoms with van der Waals surface area (Å²) >= 11 is 13.5. The van der Waals surface area contributed by atoms with Crippen molar-refractivity contribution < 1.29 is 32.6 Å². The number of Topliss-reactive ketones (excluding diaryl/α,β-unsaturated/α-hetero) is 1. The molecule has 216 valence electrons.